The Hall–Kier alpha value is -3.53. The molecular formula is C20H17F3N2O5. The van der Waals surface area contributed by atoms with E-state index in [1.807, 2.05) is 6.07 Å². The maximum absolute atomic E-state index is 12.2. The number of halogens is 3. The van der Waals surface area contributed by atoms with Crippen LogP contribution < -0.4 is 15.4 Å². The largest absolute Gasteiger partial charge is 0.573 e. The zero-order chi connectivity index (χ0) is 21.9. The Morgan fingerprint density at radius 2 is 1.73 bits per heavy atom. The standard InChI is InChI=1S/C20H17F3N2O5/c1-19(28,16-10-12-4-2-3-5-15(12)29-16)11-24-17(26)18(27)25-13-6-8-14(9-7-13)30-20(21,22)23/h2-10,28H,11H2,1H3,(H,24,26)(H,25,27)/t19-/m1/s1. The van der Waals surface area contributed by atoms with Crippen molar-refractivity contribution in [2.75, 3.05) is 11.9 Å². The number of para-hydroxylation sites is 1. The number of amides is 2. The highest BCUT2D eigenvalue weighted by molar-refractivity contribution is 6.39. The minimum atomic E-state index is -4.83. The molecule has 0 aliphatic rings. The third kappa shape index (κ3) is 5.29. The zero-order valence-corrected chi connectivity index (χ0v) is 15.6. The molecule has 3 N–H and O–H groups in total. The minimum Gasteiger partial charge on any atom is -0.458 e. The third-order valence-corrected chi connectivity index (χ3v) is 4.10. The van der Waals surface area contributed by atoms with Crippen molar-refractivity contribution in [2.45, 2.75) is 18.9 Å². The highest BCUT2D eigenvalue weighted by Gasteiger charge is 2.31. The van der Waals surface area contributed by atoms with Crippen molar-refractivity contribution in [3.05, 3.63) is 60.4 Å². The van der Waals surface area contributed by atoms with Crippen LogP contribution in [0.3, 0.4) is 0 Å². The first-order valence-electron chi connectivity index (χ1n) is 8.70. The van der Waals surface area contributed by atoms with Crippen LogP contribution in [-0.2, 0) is 15.2 Å². The van der Waals surface area contributed by atoms with Crippen LogP contribution in [0.15, 0.2) is 59.0 Å². The van der Waals surface area contributed by atoms with Crippen LogP contribution in [-0.4, -0.2) is 29.8 Å². The van der Waals surface area contributed by atoms with Crippen LogP contribution in [0.2, 0.25) is 0 Å². The molecule has 1 aromatic heterocycles. The first-order chi connectivity index (χ1) is 14.0. The average molecular weight is 422 g/mol. The fraction of sp³-hybridized carbons (Fsp3) is 0.200. The van der Waals surface area contributed by atoms with Crippen molar-refractivity contribution in [1.29, 1.82) is 0 Å². The Morgan fingerprint density at radius 1 is 1.07 bits per heavy atom. The van der Waals surface area contributed by atoms with Gasteiger partial charge in [0.1, 0.15) is 22.7 Å². The van der Waals surface area contributed by atoms with Gasteiger partial charge in [-0.1, -0.05) is 18.2 Å². The molecule has 0 bridgehead atoms. The number of nitrogens with one attached hydrogen (secondary N) is 2. The smallest absolute Gasteiger partial charge is 0.458 e. The van der Waals surface area contributed by atoms with Crippen molar-refractivity contribution in [1.82, 2.24) is 5.32 Å². The van der Waals surface area contributed by atoms with Gasteiger partial charge < -0.3 is 24.9 Å². The van der Waals surface area contributed by atoms with Crippen molar-refractivity contribution in [3.8, 4) is 5.75 Å². The van der Waals surface area contributed by atoms with Gasteiger partial charge in [-0.15, -0.1) is 13.2 Å². The molecule has 0 saturated heterocycles. The van der Waals surface area contributed by atoms with Gasteiger partial charge in [-0.2, -0.15) is 0 Å². The van der Waals surface area contributed by atoms with E-state index in [-0.39, 0.29) is 18.0 Å². The molecule has 7 nitrogen and oxygen atoms in total. The second-order valence-electron chi connectivity index (χ2n) is 6.63. The molecular weight excluding hydrogens is 405 g/mol. The zero-order valence-electron chi connectivity index (χ0n) is 15.6. The Bertz CT molecular complexity index is 1030. The molecule has 2 amide bonds. The lowest BCUT2D eigenvalue weighted by molar-refractivity contribution is -0.274. The number of rotatable bonds is 5. The number of benzene rings is 2. The molecule has 30 heavy (non-hydrogen) atoms. The fourth-order valence-corrected chi connectivity index (χ4v) is 2.59. The van der Waals surface area contributed by atoms with Crippen LogP contribution in [0.4, 0.5) is 18.9 Å². The first kappa shape index (κ1) is 21.2. The molecule has 1 heterocycles. The monoisotopic (exact) mass is 422 g/mol. The number of aliphatic hydroxyl groups is 1. The summed E-state index contributed by atoms with van der Waals surface area (Å²) in [6.45, 7) is 1.11. The second kappa shape index (κ2) is 8.07. The average Bonchev–Trinajstić information content (AvgIpc) is 3.12. The topological polar surface area (TPSA) is 101 Å². The lowest BCUT2D eigenvalue weighted by Crippen LogP contribution is -2.43. The van der Waals surface area contributed by atoms with E-state index in [1.165, 1.54) is 6.92 Å². The Labute approximate surface area is 168 Å². The van der Waals surface area contributed by atoms with E-state index < -0.39 is 29.5 Å². The number of carbonyl (C=O) groups excluding carboxylic acids is 2. The normalized spacial score (nSPS) is 13.5. The summed E-state index contributed by atoms with van der Waals surface area (Å²) < 4.78 is 45.7. The molecule has 0 saturated carbocycles. The van der Waals surface area contributed by atoms with Crippen LogP contribution >= 0.6 is 0 Å². The molecule has 0 aliphatic heterocycles. The summed E-state index contributed by atoms with van der Waals surface area (Å²) in [6.07, 6.45) is -4.83. The van der Waals surface area contributed by atoms with Crippen LogP contribution in [0.25, 0.3) is 11.0 Å². The fourth-order valence-electron chi connectivity index (χ4n) is 2.59. The molecule has 1 atom stereocenters. The number of furan rings is 1. The van der Waals surface area contributed by atoms with Crippen LogP contribution in [0.5, 0.6) is 5.75 Å². The number of fused-ring (bicyclic) bond motifs is 1. The quantitative estimate of drug-likeness (QED) is 0.548. The molecule has 0 radical (unpaired) electrons. The summed E-state index contributed by atoms with van der Waals surface area (Å²) in [6, 6.07) is 13.0. The van der Waals surface area contributed by atoms with Gasteiger partial charge in [-0.25, -0.2) is 0 Å². The number of alkyl halides is 3. The lowest BCUT2D eigenvalue weighted by atomic mass is 10.0. The van der Waals surface area contributed by atoms with Crippen molar-refractivity contribution in [2.24, 2.45) is 0 Å². The summed E-state index contributed by atoms with van der Waals surface area (Å²) >= 11 is 0. The molecule has 0 aliphatic carbocycles. The van der Waals surface area contributed by atoms with Gasteiger partial charge in [0.25, 0.3) is 0 Å². The van der Waals surface area contributed by atoms with Crippen molar-refractivity contribution < 1.29 is 37.0 Å². The maximum atomic E-state index is 12.2. The van der Waals surface area contributed by atoms with Gasteiger partial charge in [0.15, 0.2) is 0 Å². The van der Waals surface area contributed by atoms with E-state index in [0.29, 0.717) is 5.58 Å². The molecule has 0 unspecified atom stereocenters. The van der Waals surface area contributed by atoms with E-state index in [2.05, 4.69) is 15.4 Å². The van der Waals surface area contributed by atoms with Crippen molar-refractivity contribution >= 4 is 28.5 Å². The third-order valence-electron chi connectivity index (χ3n) is 4.10. The molecule has 0 spiro atoms. The number of carbonyl (C=O) groups is 2. The summed E-state index contributed by atoms with van der Waals surface area (Å²) in [5.41, 5.74) is -0.922. The summed E-state index contributed by atoms with van der Waals surface area (Å²) in [4.78, 5) is 24.0. The predicted octanol–water partition coefficient (Wildman–Crippen LogP) is 3.29. The van der Waals surface area contributed by atoms with Gasteiger partial charge in [-0.05, 0) is 43.3 Å². The SMILES string of the molecule is C[C@@](O)(CNC(=O)C(=O)Nc1ccc(OC(F)(F)F)cc1)c1cc2ccccc2o1. The van der Waals surface area contributed by atoms with Gasteiger partial charge in [-0.3, -0.25) is 9.59 Å². The van der Waals surface area contributed by atoms with E-state index in [1.54, 1.807) is 24.3 Å². The van der Waals surface area contributed by atoms with Gasteiger partial charge in [0, 0.05) is 11.1 Å². The van der Waals surface area contributed by atoms with E-state index in [4.69, 9.17) is 4.42 Å². The first-order valence-corrected chi connectivity index (χ1v) is 8.70. The molecule has 3 rings (SSSR count). The highest BCUT2D eigenvalue weighted by Crippen LogP contribution is 2.27. The van der Waals surface area contributed by atoms with Crippen molar-refractivity contribution in [3.63, 3.8) is 0 Å². The summed E-state index contributed by atoms with van der Waals surface area (Å²) in [5, 5.41) is 15.9. The van der Waals surface area contributed by atoms with Crippen LogP contribution in [0.1, 0.15) is 12.7 Å². The number of hydrogen-bond donors (Lipinski definition) is 3. The van der Waals surface area contributed by atoms with E-state index in [9.17, 15) is 27.9 Å². The van der Waals surface area contributed by atoms with Crippen LogP contribution in [0, 0.1) is 0 Å². The summed E-state index contributed by atoms with van der Waals surface area (Å²) in [5.74, 6) is -2.35. The molecule has 2 aromatic carbocycles. The number of ether oxygens (including phenoxy) is 1. The maximum Gasteiger partial charge on any atom is 0.573 e. The molecule has 158 valence electrons. The Balaban J connectivity index is 1.56. The minimum absolute atomic E-state index is 0.0914. The summed E-state index contributed by atoms with van der Waals surface area (Å²) in [7, 11) is 0. The Morgan fingerprint density at radius 3 is 2.37 bits per heavy atom. The number of anilines is 1. The van der Waals surface area contributed by atoms with Gasteiger partial charge in [0.2, 0.25) is 0 Å². The molecule has 3 aromatic rings. The highest BCUT2D eigenvalue weighted by atomic mass is 19.4. The van der Waals surface area contributed by atoms with Gasteiger partial charge in [0.05, 0.1) is 6.54 Å². The second-order valence-corrected chi connectivity index (χ2v) is 6.63. The number of hydrogen-bond acceptors (Lipinski definition) is 5. The Kier molecular flexibility index (Phi) is 5.70. The molecule has 0 fully saturated rings. The molecule has 10 heteroatoms. The van der Waals surface area contributed by atoms with E-state index in [0.717, 1.165) is 29.7 Å². The lowest BCUT2D eigenvalue weighted by Gasteiger charge is -2.20. The van der Waals surface area contributed by atoms with Gasteiger partial charge >= 0.3 is 18.2 Å². The van der Waals surface area contributed by atoms with E-state index >= 15 is 0 Å². The predicted molar refractivity (Wildman–Crippen MR) is 101 cm³/mol.